The highest BCUT2D eigenvalue weighted by Gasteiger charge is 2.22. The van der Waals surface area contributed by atoms with Gasteiger partial charge in [-0.1, -0.05) is 19.9 Å². The summed E-state index contributed by atoms with van der Waals surface area (Å²) in [6.07, 6.45) is 1.10. The first-order valence-electron chi connectivity index (χ1n) is 9.23. The number of aliphatic imine (C=N–C) groups is 1. The molecule has 1 aromatic rings. The van der Waals surface area contributed by atoms with E-state index >= 15 is 0 Å². The molecule has 3 N–H and O–H groups in total. The third kappa shape index (κ3) is 6.46. The van der Waals surface area contributed by atoms with Gasteiger partial charge >= 0.3 is 0 Å². The Bertz CT molecular complexity index is 589. The summed E-state index contributed by atoms with van der Waals surface area (Å²) >= 11 is 0. The third-order valence-corrected chi connectivity index (χ3v) is 4.51. The van der Waals surface area contributed by atoms with Gasteiger partial charge in [-0.25, -0.2) is 4.39 Å². The largest absolute Gasteiger partial charge is 0.505 e. The van der Waals surface area contributed by atoms with Gasteiger partial charge < -0.3 is 20.5 Å². The second-order valence-electron chi connectivity index (χ2n) is 7.02. The Labute approximate surface area is 155 Å². The molecule has 1 unspecified atom stereocenters. The summed E-state index contributed by atoms with van der Waals surface area (Å²) in [6.45, 7) is 9.18. The smallest absolute Gasteiger partial charge is 0.191 e. The van der Waals surface area contributed by atoms with Crippen molar-refractivity contribution < 1.29 is 14.2 Å². The Hall–Kier alpha value is -1.86. The van der Waals surface area contributed by atoms with Crippen LogP contribution in [0, 0.1) is 11.7 Å². The van der Waals surface area contributed by atoms with Crippen molar-refractivity contribution in [1.82, 2.24) is 15.5 Å². The van der Waals surface area contributed by atoms with Crippen LogP contribution in [0.5, 0.6) is 5.75 Å². The third-order valence-electron chi connectivity index (χ3n) is 4.51. The number of guanidine groups is 1. The number of phenolic OH excluding ortho intramolecular Hbond substituents is 1. The van der Waals surface area contributed by atoms with Crippen molar-refractivity contribution in [3.63, 3.8) is 0 Å². The molecule has 0 aliphatic carbocycles. The van der Waals surface area contributed by atoms with Crippen LogP contribution < -0.4 is 10.6 Å². The molecule has 1 aromatic carbocycles. The Morgan fingerprint density at radius 1 is 1.31 bits per heavy atom. The highest BCUT2D eigenvalue weighted by molar-refractivity contribution is 5.79. The molecule has 1 atom stereocenters. The van der Waals surface area contributed by atoms with Gasteiger partial charge in [0, 0.05) is 39.3 Å². The maximum atomic E-state index is 13.4. The SMILES string of the molecule is CN=C(NCc1ccc(O)c(F)c1)NCC(CC(C)C)N1CCOCC1. The van der Waals surface area contributed by atoms with Gasteiger partial charge in [0.15, 0.2) is 17.5 Å². The van der Waals surface area contributed by atoms with Gasteiger partial charge in [0.05, 0.1) is 13.2 Å². The molecule has 0 saturated carbocycles. The quantitative estimate of drug-likeness (QED) is 0.508. The molecule has 1 fully saturated rings. The molecule has 0 radical (unpaired) electrons. The van der Waals surface area contributed by atoms with Crippen molar-refractivity contribution in [2.24, 2.45) is 10.9 Å². The minimum absolute atomic E-state index is 0.335. The van der Waals surface area contributed by atoms with Crippen molar-refractivity contribution in [2.45, 2.75) is 32.9 Å². The molecular weight excluding hydrogens is 335 g/mol. The second kappa shape index (κ2) is 10.3. The Kier molecular flexibility index (Phi) is 8.12. The standard InChI is InChI=1S/C19H31FN4O2/c1-14(2)10-16(24-6-8-26-9-7-24)13-23-19(21-3)22-12-15-4-5-18(25)17(20)11-15/h4-5,11,14,16,25H,6-10,12-13H2,1-3H3,(H2,21,22,23). The lowest BCUT2D eigenvalue weighted by Gasteiger charge is -2.35. The zero-order chi connectivity index (χ0) is 18.9. The number of aromatic hydroxyl groups is 1. The van der Waals surface area contributed by atoms with Crippen LogP contribution in [0.4, 0.5) is 4.39 Å². The van der Waals surface area contributed by atoms with Crippen LogP contribution in [-0.4, -0.2) is 61.9 Å². The maximum Gasteiger partial charge on any atom is 0.191 e. The molecular formula is C19H31FN4O2. The molecule has 26 heavy (non-hydrogen) atoms. The molecule has 1 aliphatic rings. The summed E-state index contributed by atoms with van der Waals surface area (Å²) in [7, 11) is 1.72. The van der Waals surface area contributed by atoms with Crippen LogP contribution >= 0.6 is 0 Å². The zero-order valence-electron chi connectivity index (χ0n) is 16.0. The first-order chi connectivity index (χ1) is 12.5. The van der Waals surface area contributed by atoms with Crippen molar-refractivity contribution >= 4 is 5.96 Å². The van der Waals surface area contributed by atoms with E-state index in [0.717, 1.165) is 44.8 Å². The van der Waals surface area contributed by atoms with Crippen LogP contribution in [0.15, 0.2) is 23.2 Å². The number of halogens is 1. The topological polar surface area (TPSA) is 69.1 Å². The number of nitrogens with zero attached hydrogens (tertiary/aromatic N) is 2. The van der Waals surface area contributed by atoms with Gasteiger partial charge in [0.25, 0.3) is 0 Å². The van der Waals surface area contributed by atoms with E-state index in [-0.39, 0.29) is 5.75 Å². The lowest BCUT2D eigenvalue weighted by Crippen LogP contribution is -2.50. The summed E-state index contributed by atoms with van der Waals surface area (Å²) < 4.78 is 18.9. The van der Waals surface area contributed by atoms with E-state index in [4.69, 9.17) is 4.74 Å². The molecule has 6 nitrogen and oxygen atoms in total. The number of nitrogens with one attached hydrogen (secondary N) is 2. The molecule has 0 aromatic heterocycles. The van der Waals surface area contributed by atoms with Crippen LogP contribution in [-0.2, 0) is 11.3 Å². The molecule has 7 heteroatoms. The first-order valence-corrected chi connectivity index (χ1v) is 9.23. The summed E-state index contributed by atoms with van der Waals surface area (Å²) in [5.41, 5.74) is 0.746. The maximum absolute atomic E-state index is 13.4. The van der Waals surface area contributed by atoms with E-state index in [1.54, 1.807) is 13.1 Å². The van der Waals surface area contributed by atoms with Crippen molar-refractivity contribution in [3.05, 3.63) is 29.6 Å². The van der Waals surface area contributed by atoms with Crippen molar-refractivity contribution in [3.8, 4) is 5.75 Å². The van der Waals surface area contributed by atoms with Crippen molar-refractivity contribution in [2.75, 3.05) is 39.9 Å². The molecule has 0 amide bonds. The number of hydrogen-bond acceptors (Lipinski definition) is 4. The summed E-state index contributed by atoms with van der Waals surface area (Å²) in [4.78, 5) is 6.72. The van der Waals surface area contributed by atoms with Gasteiger partial charge in [-0.3, -0.25) is 9.89 Å². The highest BCUT2D eigenvalue weighted by atomic mass is 19.1. The van der Waals surface area contributed by atoms with E-state index in [2.05, 4.69) is 34.4 Å². The van der Waals surface area contributed by atoms with E-state index < -0.39 is 5.82 Å². The van der Waals surface area contributed by atoms with Gasteiger partial charge in [-0.2, -0.15) is 0 Å². The lowest BCUT2D eigenvalue weighted by molar-refractivity contribution is 0.0132. The molecule has 2 rings (SSSR count). The Morgan fingerprint density at radius 3 is 2.65 bits per heavy atom. The fraction of sp³-hybridized carbons (Fsp3) is 0.632. The summed E-state index contributed by atoms with van der Waals surface area (Å²) in [5.74, 6) is 0.343. The van der Waals surface area contributed by atoms with Crippen molar-refractivity contribution in [1.29, 1.82) is 0 Å². The van der Waals surface area contributed by atoms with E-state index in [1.165, 1.54) is 12.1 Å². The summed E-state index contributed by atoms with van der Waals surface area (Å²) in [6, 6.07) is 4.79. The van der Waals surface area contributed by atoms with Gasteiger partial charge in [-0.15, -0.1) is 0 Å². The zero-order valence-corrected chi connectivity index (χ0v) is 16.0. The molecule has 0 bridgehead atoms. The average Bonchev–Trinajstić information content (AvgIpc) is 2.64. The number of benzene rings is 1. The van der Waals surface area contributed by atoms with Gasteiger partial charge in [0.1, 0.15) is 0 Å². The van der Waals surface area contributed by atoms with Crippen LogP contribution in [0.25, 0.3) is 0 Å². The van der Waals surface area contributed by atoms with Crippen LogP contribution in [0.2, 0.25) is 0 Å². The van der Waals surface area contributed by atoms with Crippen LogP contribution in [0.3, 0.4) is 0 Å². The average molecular weight is 366 g/mol. The minimum Gasteiger partial charge on any atom is -0.505 e. The molecule has 146 valence electrons. The van der Waals surface area contributed by atoms with E-state index in [1.807, 2.05) is 0 Å². The number of rotatable bonds is 7. The van der Waals surface area contributed by atoms with Gasteiger partial charge in [0.2, 0.25) is 0 Å². The predicted molar refractivity (Wildman–Crippen MR) is 102 cm³/mol. The van der Waals surface area contributed by atoms with Crippen LogP contribution in [0.1, 0.15) is 25.8 Å². The lowest BCUT2D eigenvalue weighted by atomic mass is 10.0. The Morgan fingerprint density at radius 2 is 2.04 bits per heavy atom. The van der Waals surface area contributed by atoms with E-state index in [0.29, 0.717) is 24.5 Å². The van der Waals surface area contributed by atoms with E-state index in [9.17, 15) is 9.50 Å². The first kappa shape index (κ1) is 20.5. The number of phenols is 1. The van der Waals surface area contributed by atoms with Gasteiger partial charge in [-0.05, 0) is 30.0 Å². The molecule has 1 saturated heterocycles. The molecule has 0 spiro atoms. The number of ether oxygens (including phenoxy) is 1. The fourth-order valence-corrected chi connectivity index (χ4v) is 3.13. The monoisotopic (exact) mass is 366 g/mol. The number of hydrogen-bond donors (Lipinski definition) is 3. The Balaban J connectivity index is 1.87. The predicted octanol–water partition coefficient (Wildman–Crippen LogP) is 1.94. The molecule has 1 aliphatic heterocycles. The highest BCUT2D eigenvalue weighted by Crippen LogP contribution is 2.16. The number of morpholine rings is 1. The second-order valence-corrected chi connectivity index (χ2v) is 7.02. The molecule has 1 heterocycles. The normalized spacial score (nSPS) is 17.3. The fourth-order valence-electron chi connectivity index (χ4n) is 3.13. The summed E-state index contributed by atoms with van der Waals surface area (Å²) in [5, 5.41) is 15.8. The minimum atomic E-state index is -0.614.